The van der Waals surface area contributed by atoms with Gasteiger partial charge in [0.15, 0.2) is 0 Å². The van der Waals surface area contributed by atoms with E-state index in [1.54, 1.807) is 6.07 Å². The van der Waals surface area contributed by atoms with E-state index in [0.717, 1.165) is 12.6 Å². The van der Waals surface area contributed by atoms with E-state index in [1.807, 2.05) is 11.8 Å². The van der Waals surface area contributed by atoms with Crippen LogP contribution in [0.5, 0.6) is 0 Å². The number of hydrogen-bond donors (Lipinski definition) is 1. The molecule has 0 aliphatic carbocycles. The smallest absolute Gasteiger partial charge is 0.365 e. The molecular formula is C15H20ClF3N2. The molecule has 2 atom stereocenters. The summed E-state index contributed by atoms with van der Waals surface area (Å²) >= 11 is 5.90. The fraction of sp³-hybridized carbons (Fsp3) is 0.600. The Labute approximate surface area is 128 Å². The van der Waals surface area contributed by atoms with Crippen molar-refractivity contribution < 1.29 is 13.2 Å². The Morgan fingerprint density at radius 2 is 1.95 bits per heavy atom. The van der Waals surface area contributed by atoms with Gasteiger partial charge in [0.2, 0.25) is 0 Å². The largest absolute Gasteiger partial charge is 0.416 e. The molecule has 2 unspecified atom stereocenters. The van der Waals surface area contributed by atoms with Crippen LogP contribution >= 0.6 is 11.6 Å². The Morgan fingerprint density at radius 1 is 1.29 bits per heavy atom. The number of alkyl halides is 3. The van der Waals surface area contributed by atoms with Crippen LogP contribution in [0.4, 0.5) is 18.9 Å². The van der Waals surface area contributed by atoms with Gasteiger partial charge in [0, 0.05) is 35.9 Å². The number of rotatable bonds is 2. The first kappa shape index (κ1) is 16.4. The fourth-order valence-corrected chi connectivity index (χ4v) is 2.95. The average Bonchev–Trinajstić information content (AvgIpc) is 2.36. The highest BCUT2D eigenvalue weighted by Crippen LogP contribution is 2.35. The first-order valence-electron chi connectivity index (χ1n) is 7.06. The summed E-state index contributed by atoms with van der Waals surface area (Å²) in [6.45, 7) is 7.60. The maximum atomic E-state index is 13.0. The predicted molar refractivity (Wildman–Crippen MR) is 79.9 cm³/mol. The van der Waals surface area contributed by atoms with Gasteiger partial charge in [0.25, 0.3) is 0 Å². The maximum Gasteiger partial charge on any atom is 0.416 e. The van der Waals surface area contributed by atoms with Crippen molar-refractivity contribution in [3.63, 3.8) is 0 Å². The van der Waals surface area contributed by atoms with Gasteiger partial charge >= 0.3 is 6.18 Å². The second-order valence-electron chi connectivity index (χ2n) is 5.97. The number of piperazine rings is 1. The number of hydrogen-bond acceptors (Lipinski definition) is 2. The summed E-state index contributed by atoms with van der Waals surface area (Å²) < 4.78 is 38.9. The second-order valence-corrected chi connectivity index (χ2v) is 6.41. The molecule has 0 bridgehead atoms. The Hall–Kier alpha value is -0.940. The van der Waals surface area contributed by atoms with Crippen LogP contribution in [0.2, 0.25) is 5.02 Å². The molecule has 1 aromatic carbocycles. The Morgan fingerprint density at radius 3 is 2.52 bits per heavy atom. The summed E-state index contributed by atoms with van der Waals surface area (Å²) in [4.78, 5) is 2.03. The number of anilines is 1. The number of benzene rings is 1. The van der Waals surface area contributed by atoms with Crippen molar-refractivity contribution in [3.8, 4) is 0 Å². The molecule has 21 heavy (non-hydrogen) atoms. The minimum atomic E-state index is -4.38. The average molecular weight is 321 g/mol. The third kappa shape index (κ3) is 3.83. The van der Waals surface area contributed by atoms with Crippen LogP contribution < -0.4 is 10.2 Å². The van der Waals surface area contributed by atoms with Crippen LogP contribution in [-0.2, 0) is 6.18 Å². The van der Waals surface area contributed by atoms with E-state index in [1.165, 1.54) is 6.07 Å². The topological polar surface area (TPSA) is 15.3 Å². The molecule has 0 saturated carbocycles. The third-order valence-electron chi connectivity index (χ3n) is 3.86. The lowest BCUT2D eigenvalue weighted by Gasteiger charge is -2.43. The highest BCUT2D eigenvalue weighted by molar-refractivity contribution is 6.31. The van der Waals surface area contributed by atoms with E-state index in [2.05, 4.69) is 19.2 Å². The normalized spacial score (nSPS) is 23.7. The molecule has 6 heteroatoms. The molecular weight excluding hydrogens is 301 g/mol. The number of nitrogens with one attached hydrogen (secondary N) is 1. The Balaban J connectivity index is 2.40. The maximum absolute atomic E-state index is 13.0. The number of halogens is 4. The summed E-state index contributed by atoms with van der Waals surface area (Å²) in [5.41, 5.74) is -0.152. The molecule has 1 saturated heterocycles. The zero-order valence-corrected chi connectivity index (χ0v) is 13.1. The molecule has 1 aliphatic heterocycles. The van der Waals surface area contributed by atoms with E-state index in [-0.39, 0.29) is 17.1 Å². The molecule has 0 amide bonds. The first-order chi connectivity index (χ1) is 9.68. The van der Waals surface area contributed by atoms with Crippen LogP contribution in [-0.4, -0.2) is 25.2 Å². The van der Waals surface area contributed by atoms with Gasteiger partial charge in [-0.05, 0) is 31.0 Å². The third-order valence-corrected chi connectivity index (χ3v) is 4.08. The lowest BCUT2D eigenvalue weighted by Crippen LogP contribution is -2.57. The van der Waals surface area contributed by atoms with Gasteiger partial charge in [-0.15, -0.1) is 0 Å². The van der Waals surface area contributed by atoms with Crippen molar-refractivity contribution in [1.29, 1.82) is 0 Å². The Bertz CT molecular complexity index is 502. The van der Waals surface area contributed by atoms with Crippen LogP contribution in [0, 0.1) is 5.92 Å². The molecule has 1 heterocycles. The molecule has 1 N–H and O–H groups in total. The SMILES string of the molecule is CC1CN(c2cc(Cl)cc(C(F)(F)F)c2)C(C(C)C)CN1. The standard InChI is InChI=1S/C15H20ClF3N2/c1-9(2)14-7-20-10(3)8-21(14)13-5-11(15(17,18)19)4-12(16)6-13/h4-6,9-10,14,20H,7-8H2,1-3H3. The van der Waals surface area contributed by atoms with Gasteiger partial charge in [-0.1, -0.05) is 25.4 Å². The lowest BCUT2D eigenvalue weighted by atomic mass is 9.97. The van der Waals surface area contributed by atoms with E-state index in [4.69, 9.17) is 11.6 Å². The minimum absolute atomic E-state index is 0.119. The van der Waals surface area contributed by atoms with Crippen LogP contribution in [0.3, 0.4) is 0 Å². The van der Waals surface area contributed by atoms with Gasteiger partial charge in [-0.2, -0.15) is 13.2 Å². The highest BCUT2D eigenvalue weighted by atomic mass is 35.5. The van der Waals surface area contributed by atoms with E-state index in [0.29, 0.717) is 18.2 Å². The van der Waals surface area contributed by atoms with Crippen molar-refractivity contribution in [3.05, 3.63) is 28.8 Å². The van der Waals surface area contributed by atoms with Gasteiger partial charge < -0.3 is 10.2 Å². The van der Waals surface area contributed by atoms with Crippen molar-refractivity contribution in [2.24, 2.45) is 5.92 Å². The van der Waals surface area contributed by atoms with Crippen LogP contribution in [0.25, 0.3) is 0 Å². The zero-order valence-electron chi connectivity index (χ0n) is 12.3. The molecule has 0 radical (unpaired) electrons. The molecule has 1 fully saturated rings. The molecule has 118 valence electrons. The van der Waals surface area contributed by atoms with Crippen LogP contribution in [0.1, 0.15) is 26.3 Å². The van der Waals surface area contributed by atoms with Gasteiger partial charge in [0.05, 0.1) is 5.56 Å². The van der Waals surface area contributed by atoms with E-state index < -0.39 is 11.7 Å². The molecule has 1 aromatic rings. The van der Waals surface area contributed by atoms with Gasteiger partial charge in [0.1, 0.15) is 0 Å². The molecule has 0 spiro atoms. The van der Waals surface area contributed by atoms with E-state index in [9.17, 15) is 13.2 Å². The summed E-state index contributed by atoms with van der Waals surface area (Å²) in [6.07, 6.45) is -4.38. The van der Waals surface area contributed by atoms with E-state index >= 15 is 0 Å². The first-order valence-corrected chi connectivity index (χ1v) is 7.44. The van der Waals surface area contributed by atoms with Gasteiger partial charge in [-0.25, -0.2) is 0 Å². The van der Waals surface area contributed by atoms with Crippen molar-refractivity contribution in [2.45, 2.75) is 39.0 Å². The quantitative estimate of drug-likeness (QED) is 0.879. The zero-order chi connectivity index (χ0) is 15.8. The van der Waals surface area contributed by atoms with Crippen molar-refractivity contribution >= 4 is 17.3 Å². The monoisotopic (exact) mass is 320 g/mol. The van der Waals surface area contributed by atoms with Gasteiger partial charge in [-0.3, -0.25) is 0 Å². The summed E-state index contributed by atoms with van der Waals surface area (Å²) in [7, 11) is 0. The highest BCUT2D eigenvalue weighted by Gasteiger charge is 2.33. The summed E-state index contributed by atoms with van der Waals surface area (Å²) in [5.74, 6) is 0.332. The van der Waals surface area contributed by atoms with Crippen molar-refractivity contribution in [1.82, 2.24) is 5.32 Å². The lowest BCUT2D eigenvalue weighted by molar-refractivity contribution is -0.137. The number of nitrogens with zero attached hydrogens (tertiary/aromatic N) is 1. The minimum Gasteiger partial charge on any atom is -0.365 e. The Kier molecular flexibility index (Phi) is 4.73. The van der Waals surface area contributed by atoms with Crippen molar-refractivity contribution in [2.75, 3.05) is 18.0 Å². The molecule has 0 aromatic heterocycles. The predicted octanol–water partition coefficient (Wildman–Crippen LogP) is 4.18. The van der Waals surface area contributed by atoms with Crippen LogP contribution in [0.15, 0.2) is 18.2 Å². The second kappa shape index (κ2) is 6.05. The molecule has 1 aliphatic rings. The molecule has 2 rings (SSSR count). The summed E-state index contributed by atoms with van der Waals surface area (Å²) in [5, 5.41) is 3.49. The summed E-state index contributed by atoms with van der Waals surface area (Å²) in [6, 6.07) is 4.17. The fourth-order valence-electron chi connectivity index (χ4n) is 2.72. The molecule has 2 nitrogen and oxygen atoms in total.